The number of benzene rings is 2. The predicted octanol–water partition coefficient (Wildman–Crippen LogP) is 4.87. The van der Waals surface area contributed by atoms with Gasteiger partial charge in [0.25, 0.3) is 11.6 Å². The molecule has 0 unspecified atom stereocenters. The number of aryl methyl sites for hydroxylation is 1. The lowest BCUT2D eigenvalue weighted by atomic mass is 9.81. The molecule has 0 aliphatic heterocycles. The number of hydrogen-bond donors (Lipinski definition) is 1. The van der Waals surface area contributed by atoms with Crippen molar-refractivity contribution in [2.45, 2.75) is 51.9 Å². The van der Waals surface area contributed by atoms with Crippen molar-refractivity contribution in [1.82, 2.24) is 20.2 Å². The summed E-state index contributed by atoms with van der Waals surface area (Å²) in [6, 6.07) is 7.59. The Kier molecular flexibility index (Phi) is 9.61. The highest BCUT2D eigenvalue weighted by atomic mass is 19.4. The van der Waals surface area contributed by atoms with Gasteiger partial charge in [-0.15, -0.1) is 5.10 Å². The number of non-ortho nitro benzene ring substituents is 1. The van der Waals surface area contributed by atoms with Crippen LogP contribution in [0.2, 0.25) is 0 Å². The number of carboxylic acid groups (broad SMARTS) is 1. The fraction of sp³-hybridized carbons (Fsp3) is 0.464. The van der Waals surface area contributed by atoms with Crippen molar-refractivity contribution in [2.24, 2.45) is 18.9 Å². The number of carboxylic acids is 1. The van der Waals surface area contributed by atoms with Crippen molar-refractivity contribution < 1.29 is 32.8 Å². The lowest BCUT2D eigenvalue weighted by molar-refractivity contribution is -0.385. The van der Waals surface area contributed by atoms with Gasteiger partial charge in [0.1, 0.15) is 6.29 Å². The fourth-order valence-corrected chi connectivity index (χ4v) is 5.47. The molecule has 0 bridgehead atoms. The van der Waals surface area contributed by atoms with Crippen LogP contribution in [0.15, 0.2) is 36.4 Å². The molecule has 1 fully saturated rings. The Bertz CT molecular complexity index is 1470. The maximum atomic E-state index is 13.6. The van der Waals surface area contributed by atoms with Crippen LogP contribution in [-0.4, -0.2) is 55.6 Å². The van der Waals surface area contributed by atoms with E-state index in [1.54, 1.807) is 17.0 Å². The van der Waals surface area contributed by atoms with E-state index in [1.165, 1.54) is 11.8 Å². The number of carbonyl (C=O) groups excluding carboxylic acids is 1. The molecule has 230 valence electrons. The summed E-state index contributed by atoms with van der Waals surface area (Å²) in [6.45, 7) is 3.07. The number of rotatable bonds is 12. The van der Waals surface area contributed by atoms with Gasteiger partial charge >= 0.3 is 12.1 Å². The van der Waals surface area contributed by atoms with Gasteiger partial charge in [0.2, 0.25) is 0 Å². The number of nitro benzene ring substituents is 1. The summed E-state index contributed by atoms with van der Waals surface area (Å²) in [6.07, 6.45) is -1.38. The third kappa shape index (κ3) is 7.84. The van der Waals surface area contributed by atoms with Gasteiger partial charge in [-0.05, 0) is 79.1 Å². The lowest BCUT2D eigenvalue weighted by Gasteiger charge is -2.34. The normalized spacial score (nSPS) is 17.0. The van der Waals surface area contributed by atoms with Gasteiger partial charge < -0.3 is 14.9 Å². The number of hydrogen-bond acceptors (Lipinski definition) is 9. The first-order valence-corrected chi connectivity index (χ1v) is 13.8. The number of tetrazole rings is 1. The molecule has 1 aromatic heterocycles. The molecular weight excluding hydrogens is 571 g/mol. The molecule has 1 aliphatic carbocycles. The smallest absolute Gasteiger partial charge is 0.416 e. The van der Waals surface area contributed by atoms with Gasteiger partial charge in [0.05, 0.1) is 23.5 Å². The van der Waals surface area contributed by atoms with E-state index in [0.717, 1.165) is 30.7 Å². The highest BCUT2D eigenvalue weighted by molar-refractivity contribution is 5.77. The minimum absolute atomic E-state index is 0.0182. The van der Waals surface area contributed by atoms with Gasteiger partial charge in [0, 0.05) is 49.6 Å². The average molecular weight is 604 g/mol. The van der Waals surface area contributed by atoms with Gasteiger partial charge in [-0.25, -0.2) is 0 Å². The molecule has 15 heteroatoms. The van der Waals surface area contributed by atoms with E-state index in [0.29, 0.717) is 49.4 Å². The van der Waals surface area contributed by atoms with Crippen molar-refractivity contribution in [3.05, 3.63) is 68.8 Å². The van der Waals surface area contributed by atoms with Crippen molar-refractivity contribution in [3.63, 3.8) is 0 Å². The number of aliphatic carboxylic acids is 1. The second-order valence-corrected chi connectivity index (χ2v) is 10.7. The molecule has 0 spiro atoms. The Hall–Kier alpha value is -4.56. The molecule has 1 aliphatic rings. The number of anilines is 2. The van der Waals surface area contributed by atoms with Crippen LogP contribution in [0.5, 0.6) is 0 Å². The van der Waals surface area contributed by atoms with Crippen molar-refractivity contribution in [2.75, 3.05) is 22.9 Å². The maximum Gasteiger partial charge on any atom is 0.416 e. The number of alkyl halides is 3. The van der Waals surface area contributed by atoms with Gasteiger partial charge in [-0.2, -0.15) is 18.0 Å². The quantitative estimate of drug-likeness (QED) is 0.173. The second-order valence-electron chi connectivity index (χ2n) is 10.7. The van der Waals surface area contributed by atoms with E-state index in [4.69, 9.17) is 0 Å². The molecule has 0 amide bonds. The number of aromatic nitrogens is 4. The minimum Gasteiger partial charge on any atom is -0.481 e. The summed E-state index contributed by atoms with van der Waals surface area (Å²) in [5.74, 6) is -0.771. The zero-order valence-corrected chi connectivity index (χ0v) is 23.7. The molecule has 3 aromatic rings. The van der Waals surface area contributed by atoms with Crippen molar-refractivity contribution in [1.29, 1.82) is 0 Å². The largest absolute Gasteiger partial charge is 0.481 e. The van der Waals surface area contributed by atoms with Crippen LogP contribution in [0.1, 0.15) is 59.7 Å². The Morgan fingerprint density at radius 3 is 2.42 bits per heavy atom. The van der Waals surface area contributed by atoms with E-state index < -0.39 is 28.3 Å². The van der Waals surface area contributed by atoms with Crippen LogP contribution in [0.3, 0.4) is 0 Å². The molecule has 0 radical (unpaired) electrons. The first-order valence-electron chi connectivity index (χ1n) is 13.8. The number of halogens is 3. The van der Waals surface area contributed by atoms with Crippen LogP contribution in [-0.2, 0) is 31.1 Å². The summed E-state index contributed by atoms with van der Waals surface area (Å²) in [5, 5.41) is 32.9. The first-order chi connectivity index (χ1) is 20.4. The monoisotopic (exact) mass is 603 g/mol. The van der Waals surface area contributed by atoms with E-state index in [-0.39, 0.29) is 36.4 Å². The zero-order valence-electron chi connectivity index (χ0n) is 23.7. The average Bonchev–Trinajstić information content (AvgIpc) is 3.41. The molecule has 1 heterocycles. The predicted molar refractivity (Wildman–Crippen MR) is 150 cm³/mol. The molecule has 1 saturated carbocycles. The lowest BCUT2D eigenvalue weighted by Crippen LogP contribution is -2.34. The zero-order chi connectivity index (χ0) is 31.3. The van der Waals surface area contributed by atoms with E-state index in [2.05, 4.69) is 20.3 Å². The van der Waals surface area contributed by atoms with E-state index in [9.17, 15) is 38.0 Å². The second kappa shape index (κ2) is 13.2. The minimum atomic E-state index is -4.80. The van der Waals surface area contributed by atoms with Crippen LogP contribution in [0.25, 0.3) is 0 Å². The van der Waals surface area contributed by atoms with Crippen LogP contribution in [0.4, 0.5) is 30.5 Å². The highest BCUT2D eigenvalue weighted by Gasteiger charge is 2.33. The molecule has 0 saturated heterocycles. The Balaban J connectivity index is 1.68. The third-order valence-electron chi connectivity index (χ3n) is 7.67. The molecule has 0 atom stereocenters. The van der Waals surface area contributed by atoms with Crippen LogP contribution < -0.4 is 9.80 Å². The summed E-state index contributed by atoms with van der Waals surface area (Å²) in [5.41, 5.74) is 0.0117. The Morgan fingerprint density at radius 2 is 1.86 bits per heavy atom. The van der Waals surface area contributed by atoms with Gasteiger partial charge in [-0.3, -0.25) is 19.7 Å². The first kappa shape index (κ1) is 31.4. The van der Waals surface area contributed by atoms with E-state index >= 15 is 0 Å². The van der Waals surface area contributed by atoms with E-state index in [1.807, 2.05) is 13.0 Å². The number of nitro groups is 1. The molecule has 12 nitrogen and oxygen atoms in total. The SMILES string of the molecule is CCN(CC1CCC(C(=O)O)CC1)c1ccc(C=O)cc1CN(Cc1cc([N+](=O)[O-])cc(C(F)(F)F)c1)c1nnn(C)n1. The third-order valence-corrected chi connectivity index (χ3v) is 7.67. The van der Waals surface area contributed by atoms with Gasteiger partial charge in [0.15, 0.2) is 0 Å². The summed E-state index contributed by atoms with van der Waals surface area (Å²) >= 11 is 0. The maximum absolute atomic E-state index is 13.6. The molecule has 4 rings (SSSR count). The van der Waals surface area contributed by atoms with Crippen molar-refractivity contribution in [3.8, 4) is 0 Å². The van der Waals surface area contributed by atoms with Crippen LogP contribution >= 0.6 is 0 Å². The number of carbonyl (C=O) groups is 2. The summed E-state index contributed by atoms with van der Waals surface area (Å²) in [4.78, 5) is 38.5. The van der Waals surface area contributed by atoms with Gasteiger partial charge in [-0.1, -0.05) is 5.10 Å². The molecule has 2 aromatic carbocycles. The Labute approximate surface area is 245 Å². The summed E-state index contributed by atoms with van der Waals surface area (Å²) < 4.78 is 40.8. The standard InChI is InChI=1S/C28H32F3N7O5/c1-3-36(14-18-4-7-21(8-5-18)26(40)41)25-9-6-19(17-39)10-22(25)16-37(27-32-34-35(2)33-27)15-20-11-23(28(29,30)31)13-24(12-20)38(42)43/h6,9-13,17-18,21H,3-5,7-8,14-16H2,1-2H3,(H,40,41). The fourth-order valence-electron chi connectivity index (χ4n) is 5.47. The highest BCUT2D eigenvalue weighted by Crippen LogP contribution is 2.35. The molecule has 1 N–H and O–H groups in total. The molecular formula is C28H32F3N7O5. The number of aldehydes is 1. The summed E-state index contributed by atoms with van der Waals surface area (Å²) in [7, 11) is 1.53. The van der Waals surface area contributed by atoms with Crippen molar-refractivity contribution >= 4 is 29.6 Å². The van der Waals surface area contributed by atoms with Crippen LogP contribution in [0, 0.1) is 22.0 Å². The number of nitrogens with zero attached hydrogens (tertiary/aromatic N) is 7. The topological polar surface area (TPSA) is 148 Å². The Morgan fingerprint density at radius 1 is 1.14 bits per heavy atom. The molecule has 43 heavy (non-hydrogen) atoms.